The molecule has 16 heteroatoms. The smallest absolute Gasteiger partial charge is 0.417 e. The number of halogens is 5. The maximum Gasteiger partial charge on any atom is 0.417 e. The lowest BCUT2D eigenvalue weighted by atomic mass is 9.80. The third-order valence-corrected chi connectivity index (χ3v) is 11.8. The van der Waals surface area contributed by atoms with E-state index in [1.807, 2.05) is 0 Å². The van der Waals surface area contributed by atoms with Crippen LogP contribution < -0.4 is 16.0 Å². The minimum atomic E-state index is -4.78. The van der Waals surface area contributed by atoms with E-state index >= 15 is 0 Å². The second-order valence-electron chi connectivity index (χ2n) is 12.6. The minimum absolute atomic E-state index is 0.0175. The summed E-state index contributed by atoms with van der Waals surface area (Å²) >= 11 is 5.86. The predicted octanol–water partition coefficient (Wildman–Crippen LogP) is 4.88. The molecule has 2 aromatic rings. The Morgan fingerprint density at radius 2 is 1.85 bits per heavy atom. The van der Waals surface area contributed by atoms with Gasteiger partial charge < -0.3 is 21.1 Å². The molecule has 1 aliphatic carbocycles. The third-order valence-electron chi connectivity index (χ3n) is 9.51. The molecule has 47 heavy (non-hydrogen) atoms. The summed E-state index contributed by atoms with van der Waals surface area (Å²) in [6.45, 7) is 0.958. The number of hydrogen-bond acceptors (Lipinski definition) is 6. The highest BCUT2D eigenvalue weighted by molar-refractivity contribution is 7.89. The van der Waals surface area contributed by atoms with Gasteiger partial charge in [-0.3, -0.25) is 9.78 Å². The largest absolute Gasteiger partial charge is 0.465 e. The number of pyridine rings is 1. The molecule has 3 fully saturated rings. The average molecular weight is 704 g/mol. The number of amides is 2. The summed E-state index contributed by atoms with van der Waals surface area (Å²) in [6, 6.07) is 2.05. The summed E-state index contributed by atoms with van der Waals surface area (Å²) in [5, 5.41) is 18.0. The van der Waals surface area contributed by atoms with Gasteiger partial charge in [-0.2, -0.15) is 17.5 Å². The van der Waals surface area contributed by atoms with Crippen molar-refractivity contribution in [2.24, 2.45) is 5.92 Å². The second kappa shape index (κ2) is 14.6. The minimum Gasteiger partial charge on any atom is -0.465 e. The Hall–Kier alpha value is -3.01. The monoisotopic (exact) mass is 703 g/mol. The lowest BCUT2D eigenvalue weighted by Crippen LogP contribution is -2.57. The number of alkyl halides is 3. The standard InChI is InChI=1S/C31H38ClF4N5O5S/c32-24-10-8-19(13-25(24)33)27(20-12-21(15-37-14-20)31(34,35)36)28(40-30(43)44)29(42)39-26-6-2-1-4-18(26)7-9-23-16-38-22-5-3-11-47(45,46)41(23)17-22/h8,10,12-15,18,22-23,26-28,38,40H,1-7,9,11,16-17H2,(H,39,42)(H,43,44)/t18-,22-,23+,26+,27?,28?/m1/s1. The van der Waals surface area contributed by atoms with E-state index in [0.29, 0.717) is 45.0 Å². The van der Waals surface area contributed by atoms with Crippen molar-refractivity contribution in [1.29, 1.82) is 0 Å². The van der Waals surface area contributed by atoms with Crippen LogP contribution in [0.15, 0.2) is 36.7 Å². The summed E-state index contributed by atoms with van der Waals surface area (Å²) in [5.74, 6) is -3.02. The fourth-order valence-corrected chi connectivity index (χ4v) is 9.09. The lowest BCUT2D eigenvalue weighted by Gasteiger charge is -2.39. The molecular weight excluding hydrogens is 666 g/mol. The molecule has 2 saturated heterocycles. The highest BCUT2D eigenvalue weighted by Crippen LogP contribution is 2.36. The van der Waals surface area contributed by atoms with Gasteiger partial charge in [0, 0.05) is 49.5 Å². The van der Waals surface area contributed by atoms with Crippen molar-refractivity contribution < 1.29 is 40.7 Å². The highest BCUT2D eigenvalue weighted by atomic mass is 35.5. The molecule has 2 amide bonds. The molecule has 2 aliphatic heterocycles. The average Bonchev–Trinajstić information content (AvgIpc) is 3.13. The predicted molar refractivity (Wildman–Crippen MR) is 166 cm³/mol. The van der Waals surface area contributed by atoms with Gasteiger partial charge in [0.25, 0.3) is 0 Å². The summed E-state index contributed by atoms with van der Waals surface area (Å²) in [5.41, 5.74) is -1.26. The van der Waals surface area contributed by atoms with E-state index in [1.54, 1.807) is 4.31 Å². The Morgan fingerprint density at radius 1 is 1.09 bits per heavy atom. The zero-order valence-corrected chi connectivity index (χ0v) is 27.1. The van der Waals surface area contributed by atoms with Crippen molar-refractivity contribution >= 4 is 33.6 Å². The molecule has 7 atom stereocenters. The van der Waals surface area contributed by atoms with Crippen LogP contribution in [0.1, 0.15) is 74.0 Å². The number of benzene rings is 1. The quantitative estimate of drug-likeness (QED) is 0.273. The van der Waals surface area contributed by atoms with Crippen molar-refractivity contribution in [3.63, 3.8) is 0 Å². The maximum absolute atomic E-state index is 14.7. The first kappa shape index (κ1) is 35.3. The van der Waals surface area contributed by atoms with Gasteiger partial charge in [0.1, 0.15) is 11.9 Å². The molecule has 258 valence electrons. The normalized spacial score (nSPS) is 27.2. The molecule has 3 heterocycles. The first-order valence-electron chi connectivity index (χ1n) is 15.7. The number of fused-ring (bicyclic) bond motifs is 2. The Labute approximate surface area is 275 Å². The number of sulfonamides is 1. The van der Waals surface area contributed by atoms with Gasteiger partial charge in [0.05, 0.1) is 16.3 Å². The van der Waals surface area contributed by atoms with Crippen molar-refractivity contribution in [1.82, 2.24) is 25.2 Å². The number of hydrogen-bond donors (Lipinski definition) is 4. The van der Waals surface area contributed by atoms with Crippen LogP contribution in [0.2, 0.25) is 5.02 Å². The number of piperazine rings is 1. The van der Waals surface area contributed by atoms with Crippen LogP contribution in [0.25, 0.3) is 0 Å². The molecular formula is C31H38ClF4N5O5S. The van der Waals surface area contributed by atoms with Gasteiger partial charge in [0.2, 0.25) is 15.9 Å². The summed E-state index contributed by atoms with van der Waals surface area (Å²) in [7, 11) is -3.38. The van der Waals surface area contributed by atoms with E-state index in [2.05, 4.69) is 20.9 Å². The Balaban J connectivity index is 1.40. The number of aromatic nitrogens is 1. The van der Waals surface area contributed by atoms with Crippen LogP contribution >= 0.6 is 11.6 Å². The molecule has 2 bridgehead atoms. The molecule has 0 radical (unpaired) electrons. The molecule has 1 aromatic heterocycles. The Morgan fingerprint density at radius 3 is 2.57 bits per heavy atom. The van der Waals surface area contributed by atoms with Crippen LogP contribution in [0, 0.1) is 11.7 Å². The summed E-state index contributed by atoms with van der Waals surface area (Å²) in [4.78, 5) is 29.7. The van der Waals surface area contributed by atoms with Crippen molar-refractivity contribution in [2.45, 2.75) is 87.6 Å². The van der Waals surface area contributed by atoms with Crippen molar-refractivity contribution in [3.8, 4) is 0 Å². The van der Waals surface area contributed by atoms with Gasteiger partial charge in [-0.25, -0.2) is 17.6 Å². The fourth-order valence-electron chi connectivity index (χ4n) is 7.17. The van der Waals surface area contributed by atoms with Crippen LogP contribution in [-0.4, -0.2) is 77.8 Å². The SMILES string of the molecule is O=C(O)NC(C(=O)N[C@H]1CCCC[C@@H]1CC[C@H]1CN[C@@H]2CCCS(=O)(=O)N1C2)C(c1cncc(C(F)(F)F)c1)c1ccc(Cl)c(F)c1. The zero-order valence-electron chi connectivity index (χ0n) is 25.5. The number of carbonyl (C=O) groups is 2. The molecule has 1 aromatic carbocycles. The first-order valence-corrected chi connectivity index (χ1v) is 17.7. The van der Waals surface area contributed by atoms with E-state index in [4.69, 9.17) is 11.6 Å². The molecule has 4 N–H and O–H groups in total. The Bertz CT molecular complexity index is 1560. The van der Waals surface area contributed by atoms with Crippen molar-refractivity contribution in [3.05, 3.63) is 64.2 Å². The molecule has 0 spiro atoms. The second-order valence-corrected chi connectivity index (χ2v) is 15.1. The Kier molecular flexibility index (Phi) is 11.0. The molecule has 5 rings (SSSR count). The van der Waals surface area contributed by atoms with Gasteiger partial charge in [-0.15, -0.1) is 0 Å². The van der Waals surface area contributed by atoms with E-state index in [9.17, 15) is 40.7 Å². The van der Waals surface area contributed by atoms with Crippen LogP contribution in [-0.2, 0) is 21.0 Å². The van der Waals surface area contributed by atoms with E-state index in [-0.39, 0.29) is 39.9 Å². The molecule has 3 aliphatic rings. The van der Waals surface area contributed by atoms with Crippen LogP contribution in [0.4, 0.5) is 22.4 Å². The number of carbonyl (C=O) groups excluding carboxylic acids is 1. The topological polar surface area (TPSA) is 141 Å². The number of nitrogens with one attached hydrogen (secondary N) is 3. The van der Waals surface area contributed by atoms with E-state index < -0.39 is 57.6 Å². The van der Waals surface area contributed by atoms with Gasteiger partial charge in [0.15, 0.2) is 0 Å². The molecule has 10 nitrogen and oxygen atoms in total. The summed E-state index contributed by atoms with van der Waals surface area (Å²) in [6.07, 6.45) is 0.876. The number of rotatable bonds is 9. The number of nitrogens with zero attached hydrogens (tertiary/aromatic N) is 2. The van der Waals surface area contributed by atoms with Crippen LogP contribution in [0.3, 0.4) is 0 Å². The number of carboxylic acid groups (broad SMARTS) is 1. The van der Waals surface area contributed by atoms with E-state index in [1.165, 1.54) is 12.1 Å². The van der Waals surface area contributed by atoms with Crippen LogP contribution in [0.5, 0.6) is 0 Å². The highest BCUT2D eigenvalue weighted by Gasteiger charge is 2.40. The van der Waals surface area contributed by atoms with Gasteiger partial charge in [-0.1, -0.05) is 30.5 Å². The first-order chi connectivity index (χ1) is 22.2. The molecule has 3 unspecified atom stereocenters. The van der Waals surface area contributed by atoms with Gasteiger partial charge in [-0.05, 0) is 73.8 Å². The third kappa shape index (κ3) is 8.54. The van der Waals surface area contributed by atoms with E-state index in [0.717, 1.165) is 44.0 Å². The van der Waals surface area contributed by atoms with Crippen molar-refractivity contribution in [2.75, 3.05) is 18.8 Å². The maximum atomic E-state index is 14.7. The lowest BCUT2D eigenvalue weighted by molar-refractivity contribution is -0.137. The fraction of sp³-hybridized carbons (Fsp3) is 0.581. The van der Waals surface area contributed by atoms with Gasteiger partial charge >= 0.3 is 12.3 Å². The summed E-state index contributed by atoms with van der Waals surface area (Å²) < 4.78 is 83.2. The zero-order chi connectivity index (χ0) is 33.9. The molecule has 1 saturated carbocycles.